The van der Waals surface area contributed by atoms with Crippen molar-refractivity contribution in [3.63, 3.8) is 0 Å². The molecule has 0 aliphatic rings. The van der Waals surface area contributed by atoms with Crippen LogP contribution in [0.4, 0.5) is 4.39 Å². The third kappa shape index (κ3) is 2.58. The number of hydrogen-bond donors (Lipinski definition) is 1. The van der Waals surface area contributed by atoms with Crippen molar-refractivity contribution in [1.82, 2.24) is 4.90 Å². The van der Waals surface area contributed by atoms with Crippen LogP contribution in [0.3, 0.4) is 0 Å². The lowest BCUT2D eigenvalue weighted by atomic mass is 10.0. The van der Waals surface area contributed by atoms with Gasteiger partial charge in [0.1, 0.15) is 11.4 Å². The second-order valence-electron chi connectivity index (χ2n) is 4.31. The van der Waals surface area contributed by atoms with Gasteiger partial charge in [-0.3, -0.25) is 9.69 Å². The predicted molar refractivity (Wildman–Crippen MR) is 59.6 cm³/mol. The van der Waals surface area contributed by atoms with Crippen molar-refractivity contribution in [3.8, 4) is 0 Å². The fourth-order valence-corrected chi connectivity index (χ4v) is 1.24. The fraction of sp³-hybridized carbons (Fsp3) is 0.417. The van der Waals surface area contributed by atoms with Crippen LogP contribution in [0.5, 0.6) is 0 Å². The van der Waals surface area contributed by atoms with Gasteiger partial charge in [-0.2, -0.15) is 0 Å². The van der Waals surface area contributed by atoms with Crippen LogP contribution in [0.25, 0.3) is 0 Å². The van der Waals surface area contributed by atoms with E-state index in [1.807, 2.05) is 0 Å². The molecule has 0 spiro atoms. The third-order valence-electron chi connectivity index (χ3n) is 2.84. The lowest BCUT2D eigenvalue weighted by molar-refractivity contribution is -0.148. The maximum atomic E-state index is 13.4. The summed E-state index contributed by atoms with van der Waals surface area (Å²) in [5.41, 5.74) is -0.512. The van der Waals surface area contributed by atoms with E-state index in [-0.39, 0.29) is 12.4 Å². The van der Waals surface area contributed by atoms with Crippen LogP contribution in [-0.2, 0) is 11.3 Å². The van der Waals surface area contributed by atoms with E-state index in [1.165, 1.54) is 6.07 Å². The lowest BCUT2D eigenvalue weighted by Crippen LogP contribution is -2.47. The minimum atomic E-state index is -1.01. The van der Waals surface area contributed by atoms with E-state index >= 15 is 0 Å². The van der Waals surface area contributed by atoms with Gasteiger partial charge in [-0.15, -0.1) is 0 Å². The van der Waals surface area contributed by atoms with Gasteiger partial charge >= 0.3 is 5.97 Å². The molecule has 0 saturated carbocycles. The van der Waals surface area contributed by atoms with Crippen molar-refractivity contribution in [2.45, 2.75) is 25.9 Å². The molecule has 0 bridgehead atoms. The zero-order chi connectivity index (χ0) is 12.3. The summed E-state index contributed by atoms with van der Waals surface area (Å²) in [6.07, 6.45) is 0. The molecule has 0 radical (unpaired) electrons. The molecule has 0 aliphatic carbocycles. The van der Waals surface area contributed by atoms with Gasteiger partial charge < -0.3 is 5.11 Å². The highest BCUT2D eigenvalue weighted by Gasteiger charge is 2.32. The van der Waals surface area contributed by atoms with E-state index in [4.69, 9.17) is 5.11 Å². The van der Waals surface area contributed by atoms with Gasteiger partial charge in [0.15, 0.2) is 0 Å². The fourth-order valence-electron chi connectivity index (χ4n) is 1.24. The standard InChI is InChI=1S/C12H16FNO2/c1-12(2,11(15)16)14(3)8-9-6-4-5-7-10(9)13/h4-7H,8H2,1-3H3,(H,15,16). The summed E-state index contributed by atoms with van der Waals surface area (Å²) in [6, 6.07) is 6.38. The number of carboxylic acids is 1. The maximum absolute atomic E-state index is 13.4. The van der Waals surface area contributed by atoms with Gasteiger partial charge in [-0.1, -0.05) is 18.2 Å². The van der Waals surface area contributed by atoms with E-state index in [9.17, 15) is 9.18 Å². The molecule has 1 rings (SSSR count). The molecule has 0 fully saturated rings. The number of nitrogens with zero attached hydrogens (tertiary/aromatic N) is 1. The SMILES string of the molecule is CN(Cc1ccccc1F)C(C)(C)C(=O)O. The molecule has 0 amide bonds. The van der Waals surface area contributed by atoms with Gasteiger partial charge in [0.05, 0.1) is 0 Å². The minimum Gasteiger partial charge on any atom is -0.480 e. The van der Waals surface area contributed by atoms with Crippen molar-refractivity contribution in [2.24, 2.45) is 0 Å². The molecule has 0 aromatic heterocycles. The second-order valence-corrected chi connectivity index (χ2v) is 4.31. The number of carboxylic acid groups (broad SMARTS) is 1. The molecule has 1 aromatic carbocycles. The van der Waals surface area contributed by atoms with E-state index in [1.54, 1.807) is 44.0 Å². The van der Waals surface area contributed by atoms with Gasteiger partial charge in [0.2, 0.25) is 0 Å². The van der Waals surface area contributed by atoms with Gasteiger partial charge in [0.25, 0.3) is 0 Å². The largest absolute Gasteiger partial charge is 0.480 e. The number of hydrogen-bond acceptors (Lipinski definition) is 2. The Morgan fingerprint density at radius 2 is 2.00 bits per heavy atom. The first kappa shape index (κ1) is 12.6. The van der Waals surface area contributed by atoms with Crippen LogP contribution in [-0.4, -0.2) is 28.6 Å². The summed E-state index contributed by atoms with van der Waals surface area (Å²) < 4.78 is 13.4. The van der Waals surface area contributed by atoms with E-state index in [2.05, 4.69) is 0 Å². The monoisotopic (exact) mass is 225 g/mol. The van der Waals surface area contributed by atoms with E-state index < -0.39 is 11.5 Å². The molecule has 0 unspecified atom stereocenters. The summed E-state index contributed by atoms with van der Waals surface area (Å²) in [4.78, 5) is 12.6. The van der Waals surface area contributed by atoms with E-state index in [0.29, 0.717) is 5.56 Å². The molecule has 1 aromatic rings. The Kier molecular flexibility index (Phi) is 3.65. The Balaban J connectivity index is 2.83. The molecule has 4 heteroatoms. The predicted octanol–water partition coefficient (Wildman–Crippen LogP) is 2.12. The van der Waals surface area contributed by atoms with E-state index in [0.717, 1.165) is 0 Å². The van der Waals surface area contributed by atoms with Crippen molar-refractivity contribution in [2.75, 3.05) is 7.05 Å². The van der Waals surface area contributed by atoms with Crippen molar-refractivity contribution >= 4 is 5.97 Å². The molecule has 3 nitrogen and oxygen atoms in total. The van der Waals surface area contributed by atoms with Gasteiger partial charge in [-0.05, 0) is 27.0 Å². The number of carbonyl (C=O) groups is 1. The zero-order valence-corrected chi connectivity index (χ0v) is 9.70. The summed E-state index contributed by atoms with van der Waals surface area (Å²) in [5.74, 6) is -1.23. The highest BCUT2D eigenvalue weighted by Crippen LogP contribution is 2.17. The topological polar surface area (TPSA) is 40.5 Å². The molecule has 88 valence electrons. The quantitative estimate of drug-likeness (QED) is 0.853. The Morgan fingerprint density at radius 1 is 1.44 bits per heavy atom. The number of benzene rings is 1. The van der Waals surface area contributed by atoms with Crippen molar-refractivity contribution in [1.29, 1.82) is 0 Å². The normalized spacial score (nSPS) is 11.8. The first-order valence-corrected chi connectivity index (χ1v) is 5.03. The van der Waals surface area contributed by atoms with Crippen LogP contribution >= 0.6 is 0 Å². The summed E-state index contributed by atoms with van der Waals surface area (Å²) in [7, 11) is 1.67. The summed E-state index contributed by atoms with van der Waals surface area (Å²) in [5, 5.41) is 9.02. The van der Waals surface area contributed by atoms with Crippen molar-refractivity contribution < 1.29 is 14.3 Å². The van der Waals surface area contributed by atoms with Crippen LogP contribution in [0, 0.1) is 5.82 Å². The first-order valence-electron chi connectivity index (χ1n) is 5.03. The van der Waals surface area contributed by atoms with Crippen LogP contribution in [0.1, 0.15) is 19.4 Å². The molecule has 0 atom stereocenters. The Morgan fingerprint density at radius 3 is 2.50 bits per heavy atom. The lowest BCUT2D eigenvalue weighted by Gasteiger charge is -2.31. The Bertz CT molecular complexity index is 390. The molecule has 1 N–H and O–H groups in total. The number of rotatable bonds is 4. The van der Waals surface area contributed by atoms with Gasteiger partial charge in [-0.25, -0.2) is 4.39 Å². The molecule has 0 heterocycles. The smallest absolute Gasteiger partial charge is 0.323 e. The third-order valence-corrected chi connectivity index (χ3v) is 2.84. The van der Waals surface area contributed by atoms with Crippen LogP contribution in [0.15, 0.2) is 24.3 Å². The summed E-state index contributed by atoms with van der Waals surface area (Å²) in [6.45, 7) is 3.46. The number of likely N-dealkylation sites (N-methyl/N-ethyl adjacent to an activating group) is 1. The summed E-state index contributed by atoms with van der Waals surface area (Å²) >= 11 is 0. The number of aliphatic carboxylic acids is 1. The first-order chi connectivity index (χ1) is 7.35. The molecule has 16 heavy (non-hydrogen) atoms. The second kappa shape index (κ2) is 4.61. The van der Waals surface area contributed by atoms with Gasteiger partial charge in [0, 0.05) is 12.1 Å². The van der Waals surface area contributed by atoms with Crippen LogP contribution in [0.2, 0.25) is 0 Å². The van der Waals surface area contributed by atoms with Crippen LogP contribution < -0.4 is 0 Å². The zero-order valence-electron chi connectivity index (χ0n) is 9.70. The molecular weight excluding hydrogens is 209 g/mol. The molecule has 0 saturated heterocycles. The molecular formula is C12H16FNO2. The minimum absolute atomic E-state index is 0.270. The number of halogens is 1. The average molecular weight is 225 g/mol. The maximum Gasteiger partial charge on any atom is 0.323 e. The van der Waals surface area contributed by atoms with Crippen molar-refractivity contribution in [3.05, 3.63) is 35.6 Å². The Labute approximate surface area is 94.5 Å². The highest BCUT2D eigenvalue weighted by molar-refractivity contribution is 5.77. The highest BCUT2D eigenvalue weighted by atomic mass is 19.1. The Hall–Kier alpha value is -1.42. The molecule has 0 aliphatic heterocycles. The average Bonchev–Trinajstić information content (AvgIpc) is 2.21.